The fraction of sp³-hybridized carbons (Fsp3) is 0.222. The van der Waals surface area contributed by atoms with Crippen LogP contribution in [0.2, 0.25) is 5.02 Å². The zero-order chi connectivity index (χ0) is 13.3. The van der Waals surface area contributed by atoms with Gasteiger partial charge in [0, 0.05) is 16.9 Å². The molecule has 0 bridgehead atoms. The van der Waals surface area contributed by atoms with E-state index >= 15 is 0 Å². The molecule has 94 valence electrons. The predicted octanol–water partition coefficient (Wildman–Crippen LogP) is 4.67. The summed E-state index contributed by atoms with van der Waals surface area (Å²) in [5, 5.41) is 0.733. The van der Waals surface area contributed by atoms with E-state index in [0.717, 1.165) is 17.0 Å². The lowest BCUT2D eigenvalue weighted by Crippen LogP contribution is -2.02. The van der Waals surface area contributed by atoms with Crippen LogP contribution < -0.4 is 0 Å². The van der Waals surface area contributed by atoms with Crippen LogP contribution in [0.5, 0.6) is 0 Å². The Bertz CT molecular complexity index is 648. The smallest absolute Gasteiger partial charge is 0.0562 e. The van der Waals surface area contributed by atoms with Crippen LogP contribution in [-0.2, 0) is 5.41 Å². The normalized spacial score (nSPS) is 24.4. The second-order valence-electron chi connectivity index (χ2n) is 5.29. The summed E-state index contributed by atoms with van der Waals surface area (Å²) < 4.78 is 0. The van der Waals surface area contributed by atoms with Crippen LogP contribution in [0.15, 0.2) is 54.6 Å². The van der Waals surface area contributed by atoms with Crippen molar-refractivity contribution in [1.29, 1.82) is 0 Å². The Labute approximate surface area is 119 Å². The molecule has 0 spiro atoms. The molecule has 1 aliphatic rings. The van der Waals surface area contributed by atoms with E-state index < -0.39 is 0 Å². The van der Waals surface area contributed by atoms with Crippen LogP contribution in [-0.4, -0.2) is 0 Å². The van der Waals surface area contributed by atoms with Crippen molar-refractivity contribution in [1.82, 2.24) is 0 Å². The molecule has 0 unspecified atom stereocenters. The lowest BCUT2D eigenvalue weighted by molar-refractivity contribution is 0.746. The Morgan fingerprint density at radius 2 is 1.74 bits per heavy atom. The molecule has 2 aromatic carbocycles. The maximum atomic E-state index is 6.11. The molecule has 3 rings (SSSR count). The Balaban J connectivity index is 1.80. The second-order valence-corrected chi connectivity index (χ2v) is 5.70. The highest BCUT2D eigenvalue weighted by Gasteiger charge is 2.50. The van der Waals surface area contributed by atoms with Crippen molar-refractivity contribution < 1.29 is 0 Å². The Morgan fingerprint density at radius 3 is 2.47 bits per heavy atom. The first kappa shape index (κ1) is 12.3. The van der Waals surface area contributed by atoms with Gasteiger partial charge in [0.2, 0.25) is 0 Å². The fourth-order valence-electron chi connectivity index (χ4n) is 2.44. The summed E-state index contributed by atoms with van der Waals surface area (Å²) in [6.07, 6.45) is 1.13. The predicted molar refractivity (Wildman–Crippen MR) is 80.2 cm³/mol. The molecular formula is C18H15Cl. The summed E-state index contributed by atoms with van der Waals surface area (Å²) in [5.41, 5.74) is 2.52. The Hall–Kier alpha value is -1.71. The van der Waals surface area contributed by atoms with Crippen molar-refractivity contribution in [3.8, 4) is 11.8 Å². The van der Waals surface area contributed by atoms with Crippen LogP contribution in [0.4, 0.5) is 0 Å². The van der Waals surface area contributed by atoms with E-state index in [1.807, 2.05) is 24.3 Å². The molecule has 0 amide bonds. The number of hydrogen-bond acceptors (Lipinski definition) is 0. The van der Waals surface area contributed by atoms with Crippen LogP contribution in [0.25, 0.3) is 0 Å². The van der Waals surface area contributed by atoms with Crippen LogP contribution in [0, 0.1) is 17.8 Å². The maximum Gasteiger partial charge on any atom is 0.0562 e. The zero-order valence-electron chi connectivity index (χ0n) is 10.9. The monoisotopic (exact) mass is 266 g/mol. The van der Waals surface area contributed by atoms with Crippen molar-refractivity contribution in [2.45, 2.75) is 18.8 Å². The molecule has 2 aromatic rings. The summed E-state index contributed by atoms with van der Waals surface area (Å²) >= 11 is 6.11. The first-order valence-electron chi connectivity index (χ1n) is 6.52. The molecule has 1 fully saturated rings. The van der Waals surface area contributed by atoms with E-state index in [1.165, 1.54) is 5.56 Å². The number of rotatable bonds is 1. The lowest BCUT2D eigenvalue weighted by Gasteiger charge is -2.08. The molecule has 0 aromatic heterocycles. The molecule has 0 heterocycles. The highest BCUT2D eigenvalue weighted by atomic mass is 35.5. The molecule has 0 N–H and O–H groups in total. The molecule has 19 heavy (non-hydrogen) atoms. The van der Waals surface area contributed by atoms with Gasteiger partial charge < -0.3 is 0 Å². The van der Waals surface area contributed by atoms with Gasteiger partial charge in [0.1, 0.15) is 0 Å². The highest BCUT2D eigenvalue weighted by Crippen LogP contribution is 2.53. The summed E-state index contributed by atoms with van der Waals surface area (Å²) in [7, 11) is 0. The minimum Gasteiger partial charge on any atom is -0.0935 e. The largest absolute Gasteiger partial charge is 0.0935 e. The van der Waals surface area contributed by atoms with Crippen molar-refractivity contribution in [2.24, 2.45) is 5.92 Å². The molecular weight excluding hydrogens is 252 g/mol. The Morgan fingerprint density at radius 1 is 1.05 bits per heavy atom. The van der Waals surface area contributed by atoms with Crippen LogP contribution >= 0.6 is 11.6 Å². The first-order chi connectivity index (χ1) is 9.20. The van der Waals surface area contributed by atoms with E-state index in [4.69, 9.17) is 11.6 Å². The second kappa shape index (κ2) is 4.76. The van der Waals surface area contributed by atoms with Crippen LogP contribution in [0.3, 0.4) is 0 Å². The van der Waals surface area contributed by atoms with E-state index in [-0.39, 0.29) is 5.41 Å². The summed E-state index contributed by atoms with van der Waals surface area (Å²) in [4.78, 5) is 0. The van der Waals surface area contributed by atoms with E-state index in [9.17, 15) is 0 Å². The average molecular weight is 267 g/mol. The minimum absolute atomic E-state index is 0.218. The van der Waals surface area contributed by atoms with Gasteiger partial charge in [-0.1, -0.05) is 72.8 Å². The van der Waals surface area contributed by atoms with E-state index in [1.54, 1.807) is 0 Å². The third-order valence-corrected chi connectivity index (χ3v) is 4.25. The number of benzene rings is 2. The van der Waals surface area contributed by atoms with Crippen molar-refractivity contribution >= 4 is 11.6 Å². The molecule has 1 heteroatoms. The van der Waals surface area contributed by atoms with Crippen molar-refractivity contribution in [2.75, 3.05) is 0 Å². The van der Waals surface area contributed by atoms with Gasteiger partial charge in [-0.15, -0.1) is 0 Å². The van der Waals surface area contributed by atoms with Gasteiger partial charge in [-0.2, -0.15) is 0 Å². The van der Waals surface area contributed by atoms with Gasteiger partial charge in [-0.05, 0) is 24.1 Å². The Kier molecular flexibility index (Phi) is 3.09. The molecule has 0 radical (unpaired) electrons. The molecule has 0 nitrogen and oxygen atoms in total. The standard InChI is InChI=1S/C18H15Cl/c1-18(15-8-3-2-4-9-15)13-16(18)12-11-14-7-5-6-10-17(14)19/h2-10,16H,13H2,1H3/t16-,18+/m1/s1. The molecule has 0 saturated heterocycles. The fourth-order valence-corrected chi connectivity index (χ4v) is 2.62. The van der Waals surface area contributed by atoms with Crippen molar-refractivity contribution in [3.63, 3.8) is 0 Å². The summed E-state index contributed by atoms with van der Waals surface area (Å²) in [6, 6.07) is 18.4. The van der Waals surface area contributed by atoms with E-state index in [0.29, 0.717) is 5.92 Å². The summed E-state index contributed by atoms with van der Waals surface area (Å²) in [6.45, 7) is 2.29. The highest BCUT2D eigenvalue weighted by molar-refractivity contribution is 6.31. The van der Waals surface area contributed by atoms with Crippen LogP contribution in [0.1, 0.15) is 24.5 Å². The number of halogens is 1. The SMILES string of the molecule is C[C@@]1(c2ccccc2)C[C@H]1C#Cc1ccccc1Cl. The first-order valence-corrected chi connectivity index (χ1v) is 6.89. The molecule has 2 atom stereocenters. The van der Waals surface area contributed by atoms with Gasteiger partial charge in [0.15, 0.2) is 0 Å². The molecule has 1 aliphatic carbocycles. The minimum atomic E-state index is 0.218. The third kappa shape index (κ3) is 2.39. The van der Waals surface area contributed by atoms with Crippen molar-refractivity contribution in [3.05, 3.63) is 70.7 Å². The van der Waals surface area contributed by atoms with Gasteiger partial charge >= 0.3 is 0 Å². The molecule has 1 saturated carbocycles. The molecule has 0 aliphatic heterocycles. The van der Waals surface area contributed by atoms with Gasteiger partial charge in [-0.3, -0.25) is 0 Å². The zero-order valence-corrected chi connectivity index (χ0v) is 11.6. The summed E-state index contributed by atoms with van der Waals surface area (Å²) in [5.74, 6) is 7.02. The van der Waals surface area contributed by atoms with Gasteiger partial charge in [-0.25, -0.2) is 0 Å². The van der Waals surface area contributed by atoms with Gasteiger partial charge in [0.05, 0.1) is 5.02 Å². The average Bonchev–Trinajstić information content (AvgIpc) is 3.11. The van der Waals surface area contributed by atoms with E-state index in [2.05, 4.69) is 49.1 Å². The van der Waals surface area contributed by atoms with Gasteiger partial charge in [0.25, 0.3) is 0 Å². The number of hydrogen-bond donors (Lipinski definition) is 0. The lowest BCUT2D eigenvalue weighted by atomic mass is 9.96. The third-order valence-electron chi connectivity index (χ3n) is 3.93. The topological polar surface area (TPSA) is 0 Å². The quantitative estimate of drug-likeness (QED) is 0.658. The maximum absolute atomic E-state index is 6.11.